The van der Waals surface area contributed by atoms with Gasteiger partial charge in [0.2, 0.25) is 0 Å². The number of alkyl halides is 3. The zero-order valence-corrected chi connectivity index (χ0v) is 14.3. The summed E-state index contributed by atoms with van der Waals surface area (Å²) in [5.41, 5.74) is 0.571. The number of carbonyl (C=O) groups is 1. The molecule has 0 aliphatic carbocycles. The van der Waals surface area contributed by atoms with Gasteiger partial charge in [0.1, 0.15) is 5.75 Å². The third-order valence-electron chi connectivity index (χ3n) is 3.00. The highest BCUT2D eigenvalue weighted by atomic mass is 127. The molecule has 0 saturated heterocycles. The molecule has 0 heterocycles. The van der Waals surface area contributed by atoms with Crippen LogP contribution >= 0.6 is 22.6 Å². The van der Waals surface area contributed by atoms with Gasteiger partial charge in [0.05, 0.1) is 13.2 Å². The van der Waals surface area contributed by atoms with Crippen LogP contribution in [0.4, 0.5) is 13.2 Å². The molecule has 0 aliphatic rings. The number of nitrogens with zero attached hydrogens (tertiary/aromatic N) is 1. The molecule has 0 N–H and O–H groups in total. The van der Waals surface area contributed by atoms with E-state index in [2.05, 4.69) is 6.58 Å². The first-order chi connectivity index (χ1) is 10.3. The SMILES string of the molecule is C=CCN(C(=O)C(F)(F)F)C([CH]C)c1cc(OC)ccc1I. The van der Waals surface area contributed by atoms with Gasteiger partial charge in [-0.1, -0.05) is 13.0 Å². The minimum absolute atomic E-state index is 0.208. The van der Waals surface area contributed by atoms with Gasteiger partial charge in [0.15, 0.2) is 0 Å². The molecule has 0 spiro atoms. The molecule has 22 heavy (non-hydrogen) atoms. The molecule has 3 nitrogen and oxygen atoms in total. The Morgan fingerprint density at radius 2 is 2.14 bits per heavy atom. The van der Waals surface area contributed by atoms with Gasteiger partial charge < -0.3 is 9.64 Å². The summed E-state index contributed by atoms with van der Waals surface area (Å²) in [5, 5.41) is 0. The van der Waals surface area contributed by atoms with Crippen LogP contribution in [0.15, 0.2) is 30.9 Å². The van der Waals surface area contributed by atoms with E-state index in [1.54, 1.807) is 31.5 Å². The fourth-order valence-corrected chi connectivity index (χ4v) is 2.68. The third kappa shape index (κ3) is 4.37. The monoisotopic (exact) mass is 426 g/mol. The zero-order valence-electron chi connectivity index (χ0n) is 12.2. The van der Waals surface area contributed by atoms with Crippen molar-refractivity contribution in [3.05, 3.63) is 46.4 Å². The van der Waals surface area contributed by atoms with Crippen molar-refractivity contribution in [1.29, 1.82) is 0 Å². The van der Waals surface area contributed by atoms with E-state index in [0.717, 1.165) is 8.47 Å². The Labute approximate surface area is 141 Å². The van der Waals surface area contributed by atoms with Crippen LogP contribution in [-0.4, -0.2) is 30.6 Å². The van der Waals surface area contributed by atoms with E-state index in [1.165, 1.54) is 13.2 Å². The fourth-order valence-electron chi connectivity index (χ4n) is 2.03. The van der Waals surface area contributed by atoms with Gasteiger partial charge >= 0.3 is 12.1 Å². The molecule has 0 aromatic heterocycles. The van der Waals surface area contributed by atoms with Gasteiger partial charge in [0.25, 0.3) is 0 Å². The second-order valence-electron chi connectivity index (χ2n) is 4.41. The Bertz CT molecular complexity index is 546. The molecule has 0 fully saturated rings. The summed E-state index contributed by atoms with van der Waals surface area (Å²) in [6.45, 7) is 4.83. The first kappa shape index (κ1) is 18.8. The van der Waals surface area contributed by atoms with Crippen molar-refractivity contribution >= 4 is 28.5 Å². The second-order valence-corrected chi connectivity index (χ2v) is 5.57. The lowest BCUT2D eigenvalue weighted by Crippen LogP contribution is -2.43. The van der Waals surface area contributed by atoms with Crippen molar-refractivity contribution in [2.24, 2.45) is 0 Å². The Morgan fingerprint density at radius 3 is 2.59 bits per heavy atom. The number of hydrogen-bond acceptors (Lipinski definition) is 2. The van der Waals surface area contributed by atoms with Crippen molar-refractivity contribution in [2.75, 3.05) is 13.7 Å². The van der Waals surface area contributed by atoms with E-state index in [4.69, 9.17) is 4.74 Å². The number of hydrogen-bond donors (Lipinski definition) is 0. The summed E-state index contributed by atoms with van der Waals surface area (Å²) in [4.78, 5) is 12.4. The highest BCUT2D eigenvalue weighted by Crippen LogP contribution is 2.33. The lowest BCUT2D eigenvalue weighted by atomic mass is 10.0. The van der Waals surface area contributed by atoms with Crippen LogP contribution in [0.1, 0.15) is 18.5 Å². The average molecular weight is 426 g/mol. The predicted molar refractivity (Wildman–Crippen MR) is 86.4 cm³/mol. The quantitative estimate of drug-likeness (QED) is 0.506. The standard InChI is InChI=1S/C15H16F3INO2/c1-4-8-20(14(21)15(16,17)18)13(5-2)11-9-10(22-3)6-7-12(11)19/h4-7,9,13H,1,8H2,2-3H3. The minimum Gasteiger partial charge on any atom is -0.497 e. The molecule has 1 aromatic rings. The molecule has 1 unspecified atom stereocenters. The van der Waals surface area contributed by atoms with Gasteiger partial charge in [-0.2, -0.15) is 13.2 Å². The van der Waals surface area contributed by atoms with Gasteiger partial charge in [-0.05, 0) is 52.8 Å². The molecule has 1 amide bonds. The average Bonchev–Trinajstić information content (AvgIpc) is 2.47. The van der Waals surface area contributed by atoms with Crippen molar-refractivity contribution in [3.63, 3.8) is 0 Å². The predicted octanol–water partition coefficient (Wildman–Crippen LogP) is 4.14. The van der Waals surface area contributed by atoms with E-state index in [0.29, 0.717) is 11.3 Å². The second kappa shape index (κ2) is 7.85. The van der Waals surface area contributed by atoms with Crippen LogP contribution in [-0.2, 0) is 4.79 Å². The number of halogens is 4. The molecule has 1 aromatic carbocycles. The summed E-state index contributed by atoms with van der Waals surface area (Å²) in [6.07, 6.45) is -2.12. The van der Waals surface area contributed by atoms with Crippen molar-refractivity contribution in [2.45, 2.75) is 19.1 Å². The number of rotatable bonds is 6. The van der Waals surface area contributed by atoms with Crippen LogP contribution in [0.25, 0.3) is 0 Å². The smallest absolute Gasteiger partial charge is 0.471 e. The lowest BCUT2D eigenvalue weighted by Gasteiger charge is -2.31. The van der Waals surface area contributed by atoms with Crippen LogP contribution in [0.3, 0.4) is 0 Å². The van der Waals surface area contributed by atoms with Crippen LogP contribution in [0, 0.1) is 9.99 Å². The van der Waals surface area contributed by atoms with E-state index in [9.17, 15) is 18.0 Å². The number of methoxy groups -OCH3 is 1. The topological polar surface area (TPSA) is 29.5 Å². The Balaban J connectivity index is 3.30. The largest absolute Gasteiger partial charge is 0.497 e. The maximum Gasteiger partial charge on any atom is 0.471 e. The van der Waals surface area contributed by atoms with Crippen LogP contribution in [0.5, 0.6) is 5.75 Å². The normalized spacial score (nSPS) is 12.6. The number of carbonyl (C=O) groups excluding carboxylic acids is 1. The highest BCUT2D eigenvalue weighted by Gasteiger charge is 2.44. The van der Waals surface area contributed by atoms with E-state index >= 15 is 0 Å². The summed E-state index contributed by atoms with van der Waals surface area (Å²) in [6, 6.07) is 4.25. The molecule has 1 radical (unpaired) electrons. The maximum atomic E-state index is 12.8. The summed E-state index contributed by atoms with van der Waals surface area (Å²) >= 11 is 2.02. The molecule has 7 heteroatoms. The molecule has 1 rings (SSSR count). The first-order valence-electron chi connectivity index (χ1n) is 6.37. The molecule has 0 saturated carbocycles. The summed E-state index contributed by atoms with van der Waals surface area (Å²) in [5.74, 6) is -1.38. The van der Waals surface area contributed by atoms with Crippen molar-refractivity contribution in [1.82, 2.24) is 4.90 Å². The van der Waals surface area contributed by atoms with Crippen molar-refractivity contribution in [3.8, 4) is 5.75 Å². The lowest BCUT2D eigenvalue weighted by molar-refractivity contribution is -0.186. The van der Waals surface area contributed by atoms with Crippen molar-refractivity contribution < 1.29 is 22.7 Å². The van der Waals surface area contributed by atoms with Gasteiger partial charge in [-0.25, -0.2) is 0 Å². The zero-order chi connectivity index (χ0) is 16.9. The molecule has 0 aliphatic heterocycles. The van der Waals surface area contributed by atoms with Gasteiger partial charge in [-0.3, -0.25) is 4.79 Å². The van der Waals surface area contributed by atoms with E-state index in [-0.39, 0.29) is 6.54 Å². The minimum atomic E-state index is -4.94. The maximum absolute atomic E-state index is 12.8. The Morgan fingerprint density at radius 1 is 1.50 bits per heavy atom. The number of benzene rings is 1. The Hall–Kier alpha value is -1.25. The third-order valence-corrected chi connectivity index (χ3v) is 3.98. The Kier molecular flexibility index (Phi) is 6.70. The summed E-state index contributed by atoms with van der Waals surface area (Å²) < 4.78 is 44.3. The van der Waals surface area contributed by atoms with Crippen LogP contribution < -0.4 is 4.74 Å². The summed E-state index contributed by atoms with van der Waals surface area (Å²) in [7, 11) is 1.47. The highest BCUT2D eigenvalue weighted by molar-refractivity contribution is 14.1. The molecular weight excluding hydrogens is 410 g/mol. The molecular formula is C15H16F3INO2. The first-order valence-corrected chi connectivity index (χ1v) is 7.45. The van der Waals surface area contributed by atoms with Gasteiger partial charge in [0, 0.05) is 10.1 Å². The van der Waals surface area contributed by atoms with E-state index < -0.39 is 18.1 Å². The molecule has 121 valence electrons. The molecule has 0 bridgehead atoms. The number of amides is 1. The number of ether oxygens (including phenoxy) is 1. The van der Waals surface area contributed by atoms with Crippen LogP contribution in [0.2, 0.25) is 0 Å². The van der Waals surface area contributed by atoms with E-state index in [1.807, 2.05) is 22.6 Å². The molecule has 1 atom stereocenters. The van der Waals surface area contributed by atoms with Gasteiger partial charge in [-0.15, -0.1) is 6.58 Å². The fraction of sp³-hybridized carbons (Fsp3) is 0.333.